The second-order valence-electron chi connectivity index (χ2n) is 4.82. The number of rotatable bonds is 6. The number of likely N-dealkylation sites (N-methyl/N-ethyl adjacent to an activating group) is 1. The van der Waals surface area contributed by atoms with Gasteiger partial charge in [0.25, 0.3) is 10.0 Å². The van der Waals surface area contributed by atoms with Crippen LogP contribution in [0.5, 0.6) is 0 Å². The third-order valence-electron chi connectivity index (χ3n) is 3.31. The molecule has 1 aromatic rings. The Labute approximate surface area is 134 Å². The second kappa shape index (κ2) is 6.51. The molecule has 1 unspecified atom stereocenters. The molecule has 8 nitrogen and oxygen atoms in total. The number of nitrogens with zero attached hydrogens (tertiary/aromatic N) is 1. The summed E-state index contributed by atoms with van der Waals surface area (Å²) in [6, 6.07) is 1.08. The molecule has 1 aliphatic heterocycles. The smallest absolute Gasteiger partial charge is 0.253 e. The van der Waals surface area contributed by atoms with Crippen LogP contribution in [-0.2, 0) is 24.8 Å². The molecule has 0 saturated carbocycles. The van der Waals surface area contributed by atoms with Gasteiger partial charge in [-0.2, -0.15) is 4.31 Å². The van der Waals surface area contributed by atoms with Crippen LogP contribution in [0.3, 0.4) is 0 Å². The third kappa shape index (κ3) is 3.35. The van der Waals surface area contributed by atoms with Crippen molar-refractivity contribution in [2.24, 2.45) is 5.14 Å². The number of fused-ring (bicyclic) bond motifs is 1. The van der Waals surface area contributed by atoms with Crippen molar-refractivity contribution in [3.63, 3.8) is 0 Å². The summed E-state index contributed by atoms with van der Waals surface area (Å²) in [5.74, 6) is 0. The summed E-state index contributed by atoms with van der Waals surface area (Å²) >= 11 is 0.693. The van der Waals surface area contributed by atoms with E-state index in [4.69, 9.17) is 9.88 Å². The Bertz CT molecular complexity index is 741. The Morgan fingerprint density at radius 1 is 1.55 bits per heavy atom. The average Bonchev–Trinajstić information content (AvgIpc) is 2.87. The molecule has 0 fully saturated rings. The monoisotopic (exact) mass is 369 g/mol. The SMILES string of the molecule is CCNC1CN(CCOC)S(=O)(=O)c2sc(S(N)(=O)=O)cc21. The fourth-order valence-electron chi connectivity index (χ4n) is 2.29. The number of primary sulfonamides is 1. The van der Waals surface area contributed by atoms with Gasteiger partial charge in [0, 0.05) is 31.8 Å². The van der Waals surface area contributed by atoms with E-state index in [1.54, 1.807) is 0 Å². The van der Waals surface area contributed by atoms with E-state index in [0.29, 0.717) is 23.4 Å². The van der Waals surface area contributed by atoms with Crippen LogP contribution in [0.25, 0.3) is 0 Å². The quantitative estimate of drug-likeness (QED) is 0.710. The van der Waals surface area contributed by atoms with Crippen LogP contribution >= 0.6 is 11.3 Å². The largest absolute Gasteiger partial charge is 0.383 e. The van der Waals surface area contributed by atoms with Crippen molar-refractivity contribution in [2.45, 2.75) is 21.4 Å². The van der Waals surface area contributed by atoms with Crippen molar-refractivity contribution in [1.82, 2.24) is 9.62 Å². The van der Waals surface area contributed by atoms with Crippen LogP contribution in [0.4, 0.5) is 0 Å². The Morgan fingerprint density at radius 3 is 2.77 bits per heavy atom. The Hall–Kier alpha value is -0.560. The minimum atomic E-state index is -3.94. The van der Waals surface area contributed by atoms with E-state index in [2.05, 4.69) is 5.32 Å². The molecular formula is C11H19N3O5S3. The lowest BCUT2D eigenvalue weighted by atomic mass is 10.1. The second-order valence-corrected chi connectivity index (χ2v) is 9.79. The molecule has 0 aromatic carbocycles. The van der Waals surface area contributed by atoms with E-state index in [0.717, 1.165) is 0 Å². The molecular weight excluding hydrogens is 350 g/mol. The van der Waals surface area contributed by atoms with Crippen molar-refractivity contribution >= 4 is 31.4 Å². The van der Waals surface area contributed by atoms with Crippen molar-refractivity contribution in [3.05, 3.63) is 11.6 Å². The molecule has 1 atom stereocenters. The molecule has 1 aromatic heterocycles. The van der Waals surface area contributed by atoms with Gasteiger partial charge >= 0.3 is 0 Å². The molecule has 0 spiro atoms. The highest BCUT2D eigenvalue weighted by Gasteiger charge is 2.39. The first-order chi connectivity index (χ1) is 10.2. The van der Waals surface area contributed by atoms with Gasteiger partial charge in [-0.15, -0.1) is 11.3 Å². The van der Waals surface area contributed by atoms with E-state index < -0.39 is 20.0 Å². The van der Waals surface area contributed by atoms with E-state index in [-0.39, 0.29) is 34.2 Å². The number of nitrogens with one attached hydrogen (secondary N) is 1. The van der Waals surface area contributed by atoms with Gasteiger partial charge in [0.15, 0.2) is 0 Å². The maximum atomic E-state index is 12.6. The van der Waals surface area contributed by atoms with Crippen molar-refractivity contribution in [1.29, 1.82) is 0 Å². The van der Waals surface area contributed by atoms with E-state index in [1.807, 2.05) is 6.92 Å². The van der Waals surface area contributed by atoms with E-state index in [1.165, 1.54) is 17.5 Å². The summed E-state index contributed by atoms with van der Waals surface area (Å²) < 4.78 is 54.4. The van der Waals surface area contributed by atoms with Crippen LogP contribution in [0.2, 0.25) is 0 Å². The van der Waals surface area contributed by atoms with Crippen molar-refractivity contribution in [3.8, 4) is 0 Å². The Kier molecular flexibility index (Phi) is 5.27. The fourth-order valence-corrected chi connectivity index (χ4v) is 6.55. The number of hydrogen-bond donors (Lipinski definition) is 2. The standard InChI is InChI=1S/C11H19N3O5S3/c1-3-13-9-7-14(4-5-19-2)22(17,18)11-8(9)6-10(20-11)21(12,15)16/h6,9,13H,3-5,7H2,1-2H3,(H2,12,15,16). The van der Waals surface area contributed by atoms with E-state index in [9.17, 15) is 16.8 Å². The molecule has 11 heteroatoms. The molecule has 0 radical (unpaired) electrons. The van der Waals surface area contributed by atoms with Crippen molar-refractivity contribution < 1.29 is 21.6 Å². The Balaban J connectivity index is 2.52. The molecule has 0 amide bonds. The maximum absolute atomic E-state index is 12.6. The van der Waals surface area contributed by atoms with Gasteiger partial charge in [0.2, 0.25) is 10.0 Å². The van der Waals surface area contributed by atoms with Gasteiger partial charge in [-0.05, 0) is 12.6 Å². The normalized spacial score (nSPS) is 21.7. The van der Waals surface area contributed by atoms with Crippen LogP contribution in [0.15, 0.2) is 14.5 Å². The highest BCUT2D eigenvalue weighted by atomic mass is 32.3. The lowest BCUT2D eigenvalue weighted by Crippen LogP contribution is -2.44. The molecule has 0 aliphatic carbocycles. The third-order valence-corrected chi connectivity index (χ3v) is 8.28. The predicted octanol–water partition coefficient (Wildman–Crippen LogP) is -0.303. The summed E-state index contributed by atoms with van der Waals surface area (Å²) in [5, 5.41) is 8.30. The lowest BCUT2D eigenvalue weighted by Gasteiger charge is -2.32. The zero-order valence-electron chi connectivity index (χ0n) is 12.3. The lowest BCUT2D eigenvalue weighted by molar-refractivity contribution is 0.174. The molecule has 0 bridgehead atoms. The minimum Gasteiger partial charge on any atom is -0.383 e. The zero-order chi connectivity index (χ0) is 16.5. The van der Waals surface area contributed by atoms with Crippen molar-refractivity contribution in [2.75, 3.05) is 33.4 Å². The van der Waals surface area contributed by atoms with Gasteiger partial charge in [0.1, 0.15) is 8.42 Å². The predicted molar refractivity (Wildman–Crippen MR) is 82.7 cm³/mol. The highest BCUT2D eigenvalue weighted by molar-refractivity contribution is 7.94. The first-order valence-electron chi connectivity index (χ1n) is 6.60. The Morgan fingerprint density at radius 2 is 2.23 bits per heavy atom. The number of thiophene rings is 1. The summed E-state index contributed by atoms with van der Waals surface area (Å²) in [5.41, 5.74) is 0.463. The van der Waals surface area contributed by atoms with Crippen LogP contribution in [-0.4, -0.2) is 54.5 Å². The molecule has 22 heavy (non-hydrogen) atoms. The molecule has 3 N–H and O–H groups in total. The summed E-state index contributed by atoms with van der Waals surface area (Å²) in [7, 11) is -6.18. The molecule has 2 heterocycles. The van der Waals surface area contributed by atoms with Gasteiger partial charge in [-0.1, -0.05) is 6.92 Å². The number of hydrogen-bond acceptors (Lipinski definition) is 7. The van der Waals surface area contributed by atoms with Gasteiger partial charge in [-0.3, -0.25) is 0 Å². The molecule has 126 valence electrons. The summed E-state index contributed by atoms with van der Waals surface area (Å²) in [4.78, 5) is 0. The van der Waals surface area contributed by atoms with Crippen LogP contribution in [0.1, 0.15) is 18.5 Å². The maximum Gasteiger partial charge on any atom is 0.253 e. The molecule has 0 saturated heterocycles. The zero-order valence-corrected chi connectivity index (χ0v) is 14.7. The minimum absolute atomic E-state index is 0.0322. The topological polar surface area (TPSA) is 119 Å². The van der Waals surface area contributed by atoms with Gasteiger partial charge in [0.05, 0.1) is 6.61 Å². The van der Waals surface area contributed by atoms with Gasteiger partial charge < -0.3 is 10.1 Å². The first kappa shape index (κ1) is 17.8. The van der Waals surface area contributed by atoms with Crippen LogP contribution < -0.4 is 10.5 Å². The van der Waals surface area contributed by atoms with Crippen LogP contribution in [0, 0.1) is 0 Å². The average molecular weight is 369 g/mol. The number of nitrogens with two attached hydrogens (primary N) is 1. The molecule has 2 rings (SSSR count). The molecule has 1 aliphatic rings. The van der Waals surface area contributed by atoms with Gasteiger partial charge in [-0.25, -0.2) is 22.0 Å². The number of sulfonamides is 2. The highest BCUT2D eigenvalue weighted by Crippen LogP contribution is 2.39. The summed E-state index contributed by atoms with van der Waals surface area (Å²) in [6.45, 7) is 3.23. The number of ether oxygens (including phenoxy) is 1. The number of methoxy groups -OCH3 is 1. The van der Waals surface area contributed by atoms with E-state index >= 15 is 0 Å². The first-order valence-corrected chi connectivity index (χ1v) is 10.4. The summed E-state index contributed by atoms with van der Waals surface area (Å²) in [6.07, 6.45) is 0. The fraction of sp³-hybridized carbons (Fsp3) is 0.636.